The summed E-state index contributed by atoms with van der Waals surface area (Å²) in [6.07, 6.45) is 3.37. The Morgan fingerprint density at radius 2 is 2.06 bits per heavy atom. The number of rotatable bonds is 5. The minimum absolute atomic E-state index is 0.126. The molecule has 3 nitrogen and oxygen atoms in total. The van der Waals surface area contributed by atoms with Crippen LogP contribution in [0.2, 0.25) is 0 Å². The van der Waals surface area contributed by atoms with Crippen molar-refractivity contribution in [2.75, 3.05) is 13.1 Å². The van der Waals surface area contributed by atoms with Crippen LogP contribution in [0, 0.1) is 5.92 Å². The van der Waals surface area contributed by atoms with E-state index in [1.165, 1.54) is 6.42 Å². The summed E-state index contributed by atoms with van der Waals surface area (Å²) < 4.78 is 0. The second-order valence-electron chi connectivity index (χ2n) is 5.54. The second kappa shape index (κ2) is 6.24. The monoisotopic (exact) mass is 226 g/mol. The zero-order chi connectivity index (χ0) is 12.1. The van der Waals surface area contributed by atoms with Crippen LogP contribution in [0.15, 0.2) is 0 Å². The van der Waals surface area contributed by atoms with Crippen molar-refractivity contribution in [3.8, 4) is 0 Å². The summed E-state index contributed by atoms with van der Waals surface area (Å²) in [7, 11) is 0. The fourth-order valence-corrected chi connectivity index (χ4v) is 2.20. The van der Waals surface area contributed by atoms with Crippen molar-refractivity contribution in [2.45, 2.75) is 59.0 Å². The van der Waals surface area contributed by atoms with Crippen molar-refractivity contribution < 1.29 is 4.79 Å². The standard InChI is InChI=1S/C13H26N2O/c1-10(2)7-9-15-8-5-6-12(15)13(16)14-11(3)4/h10-12H,5-9H2,1-4H3,(H,14,16). The summed E-state index contributed by atoms with van der Waals surface area (Å²) in [5, 5.41) is 3.02. The molecule has 0 spiro atoms. The van der Waals surface area contributed by atoms with Gasteiger partial charge in [-0.15, -0.1) is 0 Å². The van der Waals surface area contributed by atoms with E-state index < -0.39 is 0 Å². The lowest BCUT2D eigenvalue weighted by Gasteiger charge is -2.25. The Balaban J connectivity index is 2.42. The van der Waals surface area contributed by atoms with E-state index in [1.54, 1.807) is 0 Å². The quantitative estimate of drug-likeness (QED) is 0.778. The molecule has 94 valence electrons. The van der Waals surface area contributed by atoms with Gasteiger partial charge in [0.05, 0.1) is 6.04 Å². The van der Waals surface area contributed by atoms with Crippen molar-refractivity contribution in [2.24, 2.45) is 5.92 Å². The Hall–Kier alpha value is -0.570. The molecule has 0 aromatic rings. The van der Waals surface area contributed by atoms with Crippen molar-refractivity contribution in [1.82, 2.24) is 10.2 Å². The Morgan fingerprint density at radius 1 is 1.38 bits per heavy atom. The van der Waals surface area contributed by atoms with Crippen LogP contribution < -0.4 is 5.32 Å². The molecule has 16 heavy (non-hydrogen) atoms. The van der Waals surface area contributed by atoms with Crippen LogP contribution in [0.1, 0.15) is 47.0 Å². The molecule has 1 rings (SSSR count). The minimum Gasteiger partial charge on any atom is -0.353 e. The zero-order valence-electron chi connectivity index (χ0n) is 11.1. The summed E-state index contributed by atoms with van der Waals surface area (Å²) in [6, 6.07) is 0.376. The lowest BCUT2D eigenvalue weighted by Crippen LogP contribution is -2.45. The van der Waals surface area contributed by atoms with Gasteiger partial charge in [0.15, 0.2) is 0 Å². The fourth-order valence-electron chi connectivity index (χ4n) is 2.20. The molecule has 0 saturated carbocycles. The van der Waals surface area contributed by atoms with E-state index in [-0.39, 0.29) is 18.0 Å². The molecule has 1 amide bonds. The molecule has 1 unspecified atom stereocenters. The SMILES string of the molecule is CC(C)CCN1CCCC1C(=O)NC(C)C. The molecule has 3 heteroatoms. The maximum atomic E-state index is 12.0. The Morgan fingerprint density at radius 3 is 2.62 bits per heavy atom. The number of likely N-dealkylation sites (tertiary alicyclic amines) is 1. The first-order valence-corrected chi connectivity index (χ1v) is 6.55. The first-order chi connectivity index (χ1) is 7.50. The minimum atomic E-state index is 0.126. The highest BCUT2D eigenvalue weighted by atomic mass is 16.2. The third kappa shape index (κ3) is 4.12. The molecular weight excluding hydrogens is 200 g/mol. The lowest BCUT2D eigenvalue weighted by atomic mass is 10.1. The number of carbonyl (C=O) groups is 1. The molecule has 0 aromatic heterocycles. The summed E-state index contributed by atoms with van der Waals surface area (Å²) in [4.78, 5) is 14.3. The Bertz CT molecular complexity index is 226. The van der Waals surface area contributed by atoms with Crippen LogP contribution in [0.25, 0.3) is 0 Å². The third-order valence-corrected chi connectivity index (χ3v) is 3.09. The average molecular weight is 226 g/mol. The van der Waals surface area contributed by atoms with Gasteiger partial charge in [0.1, 0.15) is 0 Å². The molecule has 1 fully saturated rings. The van der Waals surface area contributed by atoms with Gasteiger partial charge in [-0.05, 0) is 52.1 Å². The van der Waals surface area contributed by atoms with Crippen molar-refractivity contribution >= 4 is 5.91 Å². The molecule has 1 N–H and O–H groups in total. The van der Waals surface area contributed by atoms with Gasteiger partial charge < -0.3 is 5.32 Å². The smallest absolute Gasteiger partial charge is 0.237 e. The molecular formula is C13H26N2O. The van der Waals surface area contributed by atoms with Gasteiger partial charge in [-0.1, -0.05) is 13.8 Å². The highest BCUT2D eigenvalue weighted by molar-refractivity contribution is 5.82. The van der Waals surface area contributed by atoms with Crippen molar-refractivity contribution in [3.63, 3.8) is 0 Å². The van der Waals surface area contributed by atoms with E-state index in [1.807, 2.05) is 13.8 Å². The molecule has 1 atom stereocenters. The van der Waals surface area contributed by atoms with Crippen LogP contribution in [0.5, 0.6) is 0 Å². The van der Waals surface area contributed by atoms with Crippen LogP contribution in [-0.4, -0.2) is 36.0 Å². The molecule has 0 aliphatic carbocycles. The summed E-state index contributed by atoms with van der Waals surface area (Å²) in [6.45, 7) is 10.7. The Kier molecular flexibility index (Phi) is 5.26. The van der Waals surface area contributed by atoms with Gasteiger partial charge >= 0.3 is 0 Å². The van der Waals surface area contributed by atoms with E-state index in [4.69, 9.17) is 0 Å². The number of hydrogen-bond donors (Lipinski definition) is 1. The summed E-state index contributed by atoms with van der Waals surface area (Å²) >= 11 is 0. The first-order valence-electron chi connectivity index (χ1n) is 6.55. The van der Waals surface area contributed by atoms with Gasteiger partial charge in [-0.25, -0.2) is 0 Å². The van der Waals surface area contributed by atoms with Crippen LogP contribution in [-0.2, 0) is 4.79 Å². The molecule has 1 saturated heterocycles. The second-order valence-corrected chi connectivity index (χ2v) is 5.54. The third-order valence-electron chi connectivity index (χ3n) is 3.09. The topological polar surface area (TPSA) is 32.3 Å². The van der Waals surface area contributed by atoms with Crippen molar-refractivity contribution in [1.29, 1.82) is 0 Å². The fraction of sp³-hybridized carbons (Fsp3) is 0.923. The molecule has 1 heterocycles. The first kappa shape index (κ1) is 13.5. The largest absolute Gasteiger partial charge is 0.353 e. The number of hydrogen-bond acceptors (Lipinski definition) is 2. The molecule has 0 aromatic carbocycles. The Labute approximate surface area is 99.6 Å². The van der Waals surface area contributed by atoms with E-state index in [9.17, 15) is 4.79 Å². The van der Waals surface area contributed by atoms with Gasteiger partial charge in [-0.3, -0.25) is 9.69 Å². The van der Waals surface area contributed by atoms with Gasteiger partial charge in [0, 0.05) is 6.04 Å². The van der Waals surface area contributed by atoms with Gasteiger partial charge in [-0.2, -0.15) is 0 Å². The number of carbonyl (C=O) groups excluding carboxylic acids is 1. The highest BCUT2D eigenvalue weighted by Gasteiger charge is 2.30. The molecule has 1 aliphatic rings. The number of nitrogens with zero attached hydrogens (tertiary/aromatic N) is 1. The zero-order valence-corrected chi connectivity index (χ0v) is 11.1. The van der Waals surface area contributed by atoms with Crippen LogP contribution in [0.4, 0.5) is 0 Å². The van der Waals surface area contributed by atoms with Crippen LogP contribution in [0.3, 0.4) is 0 Å². The van der Waals surface area contributed by atoms with E-state index in [0.29, 0.717) is 0 Å². The molecule has 0 bridgehead atoms. The summed E-state index contributed by atoms with van der Waals surface area (Å²) in [5.41, 5.74) is 0. The maximum absolute atomic E-state index is 12.0. The van der Waals surface area contributed by atoms with E-state index in [0.717, 1.165) is 31.8 Å². The van der Waals surface area contributed by atoms with E-state index >= 15 is 0 Å². The van der Waals surface area contributed by atoms with Crippen molar-refractivity contribution in [3.05, 3.63) is 0 Å². The summed E-state index contributed by atoms with van der Waals surface area (Å²) in [5.74, 6) is 0.936. The predicted octanol–water partition coefficient (Wildman–Crippen LogP) is 2.02. The number of nitrogens with one attached hydrogen (secondary N) is 1. The van der Waals surface area contributed by atoms with Gasteiger partial charge in [0.25, 0.3) is 0 Å². The maximum Gasteiger partial charge on any atom is 0.237 e. The van der Waals surface area contributed by atoms with Crippen LogP contribution >= 0.6 is 0 Å². The molecule has 0 radical (unpaired) electrons. The normalized spacial score (nSPS) is 22.0. The number of amides is 1. The highest BCUT2D eigenvalue weighted by Crippen LogP contribution is 2.18. The molecule has 1 aliphatic heterocycles. The average Bonchev–Trinajstić information content (AvgIpc) is 2.61. The predicted molar refractivity (Wildman–Crippen MR) is 67.3 cm³/mol. The lowest BCUT2D eigenvalue weighted by molar-refractivity contribution is -0.126. The van der Waals surface area contributed by atoms with E-state index in [2.05, 4.69) is 24.1 Å². The van der Waals surface area contributed by atoms with Gasteiger partial charge in [0.2, 0.25) is 5.91 Å².